The summed E-state index contributed by atoms with van der Waals surface area (Å²) in [7, 11) is 0. The maximum Gasteiger partial charge on any atom is 0.0741 e. The van der Waals surface area contributed by atoms with Crippen molar-refractivity contribution < 1.29 is 10.2 Å². The molecule has 1 heterocycles. The van der Waals surface area contributed by atoms with Gasteiger partial charge < -0.3 is 10.2 Å². The predicted octanol–water partition coefficient (Wildman–Crippen LogP) is 1.41. The van der Waals surface area contributed by atoms with Crippen molar-refractivity contribution in [3.63, 3.8) is 0 Å². The van der Waals surface area contributed by atoms with Crippen molar-refractivity contribution >= 4 is 11.8 Å². The monoisotopic (exact) mass is 202 g/mol. The molecule has 2 aliphatic rings. The summed E-state index contributed by atoms with van der Waals surface area (Å²) in [4.78, 5) is 0. The number of hydrogen-bond acceptors (Lipinski definition) is 3. The average Bonchev–Trinajstić information content (AvgIpc) is 2.04. The Balaban J connectivity index is 2.10. The van der Waals surface area contributed by atoms with E-state index in [0.717, 1.165) is 37.2 Å². The first-order valence-corrected chi connectivity index (χ1v) is 6.29. The van der Waals surface area contributed by atoms with Gasteiger partial charge in [0.2, 0.25) is 0 Å². The van der Waals surface area contributed by atoms with Crippen molar-refractivity contribution in [2.24, 2.45) is 5.41 Å². The van der Waals surface area contributed by atoms with E-state index in [0.29, 0.717) is 0 Å². The van der Waals surface area contributed by atoms with Crippen LogP contribution in [0.5, 0.6) is 0 Å². The molecule has 0 aromatic heterocycles. The Bertz CT molecular complexity index is 178. The van der Waals surface area contributed by atoms with E-state index in [9.17, 15) is 10.2 Å². The lowest BCUT2D eigenvalue weighted by molar-refractivity contribution is -0.154. The first kappa shape index (κ1) is 9.81. The number of rotatable bonds is 2. The maximum atomic E-state index is 10.5. The summed E-state index contributed by atoms with van der Waals surface area (Å²) in [5.74, 6) is 2.11. The Hall–Kier alpha value is 0.270. The summed E-state index contributed by atoms with van der Waals surface area (Å²) in [5, 5.41) is 19.9. The minimum atomic E-state index is -0.550. The fourth-order valence-electron chi connectivity index (χ4n) is 2.61. The van der Waals surface area contributed by atoms with E-state index in [1.807, 2.05) is 11.8 Å². The van der Waals surface area contributed by atoms with Gasteiger partial charge in [0.1, 0.15) is 0 Å². The van der Waals surface area contributed by atoms with Crippen LogP contribution in [0.3, 0.4) is 0 Å². The highest BCUT2D eigenvalue weighted by Crippen LogP contribution is 2.53. The SMILES string of the molecule is OCC1(C2(O)CCSCC2)CCC1. The molecule has 0 unspecified atom stereocenters. The lowest BCUT2D eigenvalue weighted by Gasteiger charge is -2.53. The molecule has 0 atom stereocenters. The predicted molar refractivity (Wildman–Crippen MR) is 54.9 cm³/mol. The van der Waals surface area contributed by atoms with Crippen LogP contribution >= 0.6 is 11.8 Å². The molecule has 2 N–H and O–H groups in total. The summed E-state index contributed by atoms with van der Waals surface area (Å²) in [6, 6.07) is 0. The zero-order chi connectivity index (χ0) is 9.36. The molecule has 0 spiro atoms. The number of hydrogen-bond donors (Lipinski definition) is 2. The number of aliphatic hydroxyl groups is 2. The molecule has 0 aromatic rings. The second-order valence-electron chi connectivity index (χ2n) is 4.44. The highest BCUT2D eigenvalue weighted by atomic mass is 32.2. The van der Waals surface area contributed by atoms with E-state index < -0.39 is 5.60 Å². The van der Waals surface area contributed by atoms with E-state index in [4.69, 9.17) is 0 Å². The Morgan fingerprint density at radius 3 is 2.08 bits per heavy atom. The normalized spacial score (nSPS) is 30.9. The third-order valence-corrected chi connectivity index (χ3v) is 4.91. The average molecular weight is 202 g/mol. The fraction of sp³-hybridized carbons (Fsp3) is 1.00. The molecule has 0 aromatic carbocycles. The maximum absolute atomic E-state index is 10.5. The Kier molecular flexibility index (Phi) is 2.60. The zero-order valence-electron chi connectivity index (χ0n) is 7.96. The molecule has 2 fully saturated rings. The first-order chi connectivity index (χ1) is 6.22. The third kappa shape index (κ3) is 1.41. The van der Waals surface area contributed by atoms with Crippen LogP contribution in [0.1, 0.15) is 32.1 Å². The van der Waals surface area contributed by atoms with Gasteiger partial charge in [-0.3, -0.25) is 0 Å². The van der Waals surface area contributed by atoms with Crippen LogP contribution in [0.4, 0.5) is 0 Å². The molecule has 0 amide bonds. The third-order valence-electron chi connectivity index (χ3n) is 3.92. The molecule has 2 rings (SSSR count). The van der Waals surface area contributed by atoms with Gasteiger partial charge in [0.05, 0.1) is 12.2 Å². The van der Waals surface area contributed by atoms with Crippen molar-refractivity contribution in [2.45, 2.75) is 37.7 Å². The van der Waals surface area contributed by atoms with Gasteiger partial charge in [-0.25, -0.2) is 0 Å². The molecule has 3 heteroatoms. The Morgan fingerprint density at radius 2 is 1.69 bits per heavy atom. The van der Waals surface area contributed by atoms with E-state index in [1.165, 1.54) is 6.42 Å². The van der Waals surface area contributed by atoms with Gasteiger partial charge in [-0.15, -0.1) is 0 Å². The summed E-state index contributed by atoms with van der Waals surface area (Å²) in [5.41, 5.74) is -0.681. The number of aliphatic hydroxyl groups excluding tert-OH is 1. The van der Waals surface area contributed by atoms with Crippen LogP contribution in [0.15, 0.2) is 0 Å². The standard InChI is InChI=1S/C10H18O2S/c11-8-9(2-1-3-9)10(12)4-6-13-7-5-10/h11-12H,1-8H2. The zero-order valence-corrected chi connectivity index (χ0v) is 8.78. The molecule has 2 nitrogen and oxygen atoms in total. The summed E-state index contributed by atoms with van der Waals surface area (Å²) >= 11 is 1.92. The van der Waals surface area contributed by atoms with Gasteiger partial charge >= 0.3 is 0 Å². The van der Waals surface area contributed by atoms with E-state index in [2.05, 4.69) is 0 Å². The quantitative estimate of drug-likeness (QED) is 0.711. The topological polar surface area (TPSA) is 40.5 Å². The van der Waals surface area contributed by atoms with Crippen LogP contribution in [0, 0.1) is 5.41 Å². The second kappa shape index (κ2) is 3.44. The van der Waals surface area contributed by atoms with Gasteiger partial charge in [0, 0.05) is 5.41 Å². The lowest BCUT2D eigenvalue weighted by Crippen LogP contribution is -2.56. The highest BCUT2D eigenvalue weighted by molar-refractivity contribution is 7.99. The molecule has 1 aliphatic carbocycles. The molecule has 1 saturated carbocycles. The van der Waals surface area contributed by atoms with Crippen LogP contribution in [-0.2, 0) is 0 Å². The van der Waals surface area contributed by atoms with Crippen molar-refractivity contribution in [3.8, 4) is 0 Å². The molecule has 0 bridgehead atoms. The van der Waals surface area contributed by atoms with Gasteiger partial charge in [-0.05, 0) is 37.2 Å². The molecular weight excluding hydrogens is 184 g/mol. The second-order valence-corrected chi connectivity index (χ2v) is 5.66. The first-order valence-electron chi connectivity index (χ1n) is 5.13. The summed E-state index contributed by atoms with van der Waals surface area (Å²) in [6.45, 7) is 0.175. The summed E-state index contributed by atoms with van der Waals surface area (Å²) in [6.07, 6.45) is 4.96. The molecule has 76 valence electrons. The molecule has 0 radical (unpaired) electrons. The van der Waals surface area contributed by atoms with E-state index >= 15 is 0 Å². The Labute approximate surface area is 83.7 Å². The Morgan fingerprint density at radius 1 is 1.08 bits per heavy atom. The van der Waals surface area contributed by atoms with Crippen molar-refractivity contribution in [1.82, 2.24) is 0 Å². The van der Waals surface area contributed by atoms with Crippen molar-refractivity contribution in [1.29, 1.82) is 0 Å². The van der Waals surface area contributed by atoms with Crippen molar-refractivity contribution in [3.05, 3.63) is 0 Å². The van der Waals surface area contributed by atoms with Crippen molar-refractivity contribution in [2.75, 3.05) is 18.1 Å². The van der Waals surface area contributed by atoms with Gasteiger partial charge in [-0.1, -0.05) is 6.42 Å². The largest absolute Gasteiger partial charge is 0.396 e. The van der Waals surface area contributed by atoms with E-state index in [1.54, 1.807) is 0 Å². The minimum absolute atomic E-state index is 0.131. The highest BCUT2D eigenvalue weighted by Gasteiger charge is 2.53. The van der Waals surface area contributed by atoms with Gasteiger partial charge in [-0.2, -0.15) is 11.8 Å². The van der Waals surface area contributed by atoms with Crippen LogP contribution in [-0.4, -0.2) is 33.9 Å². The molecule has 13 heavy (non-hydrogen) atoms. The molecule has 1 aliphatic heterocycles. The minimum Gasteiger partial charge on any atom is -0.396 e. The van der Waals surface area contributed by atoms with Crippen LogP contribution in [0.2, 0.25) is 0 Å². The van der Waals surface area contributed by atoms with Gasteiger partial charge in [0.25, 0.3) is 0 Å². The van der Waals surface area contributed by atoms with Gasteiger partial charge in [0.15, 0.2) is 0 Å². The van der Waals surface area contributed by atoms with Crippen LogP contribution in [0.25, 0.3) is 0 Å². The van der Waals surface area contributed by atoms with E-state index in [-0.39, 0.29) is 12.0 Å². The van der Waals surface area contributed by atoms with Crippen LogP contribution < -0.4 is 0 Å². The lowest BCUT2D eigenvalue weighted by atomic mass is 9.57. The fourth-order valence-corrected chi connectivity index (χ4v) is 3.78. The smallest absolute Gasteiger partial charge is 0.0741 e. The molecule has 1 saturated heterocycles. The number of thioether (sulfide) groups is 1. The summed E-state index contributed by atoms with van der Waals surface area (Å²) < 4.78 is 0. The molecular formula is C10H18O2S.